The number of rotatable bonds is 2. The smallest absolute Gasteiger partial charge is 0.205 e. The lowest BCUT2D eigenvalue weighted by molar-refractivity contribution is -0.0522. The Morgan fingerprint density at radius 3 is 2.88 bits per heavy atom. The predicted molar refractivity (Wildman–Crippen MR) is 125 cm³/mol. The molecule has 2 aromatic heterocycles. The lowest BCUT2D eigenvalue weighted by atomic mass is 9.68. The van der Waals surface area contributed by atoms with E-state index in [2.05, 4.69) is 43.5 Å². The summed E-state index contributed by atoms with van der Waals surface area (Å²) in [5, 5.41) is 9.02. The molecule has 1 fully saturated rings. The number of aliphatic imine (C=N–C) groups is 1. The van der Waals surface area contributed by atoms with Crippen LogP contribution in [-0.2, 0) is 11.2 Å². The van der Waals surface area contributed by atoms with E-state index in [0.29, 0.717) is 42.1 Å². The lowest BCUT2D eigenvalue weighted by Crippen LogP contribution is -2.67. The number of nitrogens with zero attached hydrogens (tertiary/aromatic N) is 5. The number of benzene rings is 1. The summed E-state index contributed by atoms with van der Waals surface area (Å²) >= 11 is 1.51. The molecule has 1 unspecified atom stereocenters. The Balaban J connectivity index is 1.54. The van der Waals surface area contributed by atoms with Crippen LogP contribution in [0, 0.1) is 11.2 Å². The molecule has 10 heteroatoms. The first-order valence-corrected chi connectivity index (χ1v) is 12.3. The zero-order valence-corrected chi connectivity index (χ0v) is 19.5. The first-order valence-electron chi connectivity index (χ1n) is 11.1. The fourth-order valence-electron chi connectivity index (χ4n) is 5.76. The van der Waals surface area contributed by atoms with Crippen LogP contribution in [-0.4, -0.2) is 65.6 Å². The van der Waals surface area contributed by atoms with Crippen LogP contribution in [0.3, 0.4) is 0 Å². The van der Waals surface area contributed by atoms with E-state index in [-0.39, 0.29) is 35.1 Å². The van der Waals surface area contributed by atoms with E-state index in [4.69, 9.17) is 9.26 Å². The lowest BCUT2D eigenvalue weighted by Gasteiger charge is -2.56. The second kappa shape index (κ2) is 7.75. The minimum atomic E-state index is -0.378. The quantitative estimate of drug-likeness (QED) is 0.573. The summed E-state index contributed by atoms with van der Waals surface area (Å²) in [6, 6.07) is 1.98. The Morgan fingerprint density at radius 1 is 1.27 bits per heavy atom. The first kappa shape index (κ1) is 21.0. The van der Waals surface area contributed by atoms with Crippen molar-refractivity contribution in [2.75, 3.05) is 30.9 Å². The van der Waals surface area contributed by atoms with Crippen molar-refractivity contribution in [1.29, 1.82) is 0 Å². The van der Waals surface area contributed by atoms with Crippen molar-refractivity contribution in [2.24, 2.45) is 10.4 Å². The van der Waals surface area contributed by atoms with E-state index in [0.717, 1.165) is 17.1 Å². The van der Waals surface area contributed by atoms with Gasteiger partial charge in [0.2, 0.25) is 5.58 Å². The highest BCUT2D eigenvalue weighted by atomic mass is 32.2. The molecule has 3 aliphatic rings. The fourth-order valence-corrected chi connectivity index (χ4v) is 6.08. The number of fused-ring (bicyclic) bond motifs is 5. The molecule has 1 saturated heterocycles. The van der Waals surface area contributed by atoms with Crippen molar-refractivity contribution < 1.29 is 13.7 Å². The zero-order chi connectivity index (χ0) is 22.7. The molecule has 3 aliphatic heterocycles. The maximum atomic E-state index is 16.1. The summed E-state index contributed by atoms with van der Waals surface area (Å²) in [7, 11) is 0. The zero-order valence-electron chi connectivity index (χ0n) is 18.7. The highest BCUT2D eigenvalue weighted by Gasteiger charge is 2.52. The van der Waals surface area contributed by atoms with Crippen LogP contribution >= 0.6 is 11.8 Å². The molecule has 0 aliphatic carbocycles. The Morgan fingerprint density at radius 2 is 2.15 bits per heavy atom. The molecule has 8 nitrogen and oxygen atoms in total. The van der Waals surface area contributed by atoms with Crippen LogP contribution in [0.4, 0.5) is 10.1 Å². The van der Waals surface area contributed by atoms with Gasteiger partial charge in [-0.05, 0) is 38.2 Å². The van der Waals surface area contributed by atoms with Crippen LogP contribution < -0.4 is 10.2 Å². The number of thioether (sulfide) groups is 1. The number of hydrogen-bond acceptors (Lipinski definition) is 9. The molecular formula is C23H25FN6O2S. The molecule has 172 valence electrons. The van der Waals surface area contributed by atoms with Crippen molar-refractivity contribution in [3.63, 3.8) is 0 Å². The Bertz CT molecular complexity index is 1250. The third kappa shape index (κ3) is 3.18. The summed E-state index contributed by atoms with van der Waals surface area (Å²) in [5.41, 5.74) is 2.43. The molecular weight excluding hydrogens is 443 g/mol. The van der Waals surface area contributed by atoms with E-state index in [1.807, 2.05) is 19.2 Å². The molecule has 0 bridgehead atoms. The normalized spacial score (nSPS) is 28.8. The van der Waals surface area contributed by atoms with Gasteiger partial charge in [-0.1, -0.05) is 5.16 Å². The molecule has 1 spiro atoms. The summed E-state index contributed by atoms with van der Waals surface area (Å²) in [6.07, 6.45) is 7.91. The number of morpholine rings is 1. The summed E-state index contributed by atoms with van der Waals surface area (Å²) in [5.74, 6) is -0.378. The summed E-state index contributed by atoms with van der Waals surface area (Å²) in [4.78, 5) is 15.6. The van der Waals surface area contributed by atoms with Crippen LogP contribution in [0.5, 0.6) is 0 Å². The molecule has 3 aromatic rings. The molecule has 1 N–H and O–H groups in total. The van der Waals surface area contributed by atoms with Crippen molar-refractivity contribution in [1.82, 2.24) is 20.4 Å². The standard InChI is InChI=1S/C23H25FN6O2S/c1-12-8-30-20-14(5-23(9-25-11-26-10-23)22(30)13(2)31-12)4-15-19(29-32-21(15)18(20)24)16-6-28-17(33-3)7-27-16/h4,6-7,9,12-13,22,26H,5,8,10-11H2,1-3H3/t12-,13+,22-,23?/m1/s1. The molecule has 0 saturated carbocycles. The Kier molecular flexibility index (Phi) is 4.93. The number of nitrogens with one attached hydrogen (secondary N) is 1. The fraction of sp³-hybridized carbons (Fsp3) is 0.478. The topological polar surface area (TPSA) is 88.7 Å². The van der Waals surface area contributed by atoms with Gasteiger partial charge >= 0.3 is 0 Å². The van der Waals surface area contributed by atoms with Gasteiger partial charge in [0.1, 0.15) is 16.4 Å². The van der Waals surface area contributed by atoms with Crippen LogP contribution in [0.25, 0.3) is 22.4 Å². The van der Waals surface area contributed by atoms with Gasteiger partial charge in [0.25, 0.3) is 0 Å². The molecule has 0 amide bonds. The van der Waals surface area contributed by atoms with Gasteiger partial charge in [-0.3, -0.25) is 15.3 Å². The monoisotopic (exact) mass is 468 g/mol. The molecule has 0 radical (unpaired) electrons. The van der Waals surface area contributed by atoms with Gasteiger partial charge < -0.3 is 14.2 Å². The third-order valence-corrected chi connectivity index (χ3v) is 7.55. The van der Waals surface area contributed by atoms with Crippen molar-refractivity contribution >= 4 is 34.6 Å². The molecule has 33 heavy (non-hydrogen) atoms. The molecule has 4 atom stereocenters. The molecule has 6 rings (SSSR count). The van der Waals surface area contributed by atoms with Gasteiger partial charge in [0.15, 0.2) is 5.82 Å². The largest absolute Gasteiger partial charge is 0.372 e. The van der Waals surface area contributed by atoms with Crippen molar-refractivity contribution in [2.45, 2.75) is 43.5 Å². The maximum absolute atomic E-state index is 16.1. The first-order chi connectivity index (χ1) is 16.0. The average molecular weight is 469 g/mol. The van der Waals surface area contributed by atoms with Crippen molar-refractivity contribution in [3.05, 3.63) is 29.8 Å². The third-order valence-electron chi connectivity index (χ3n) is 6.92. The highest BCUT2D eigenvalue weighted by molar-refractivity contribution is 7.98. The minimum absolute atomic E-state index is 0.0154. The number of aromatic nitrogens is 3. The number of ether oxygens (including phenoxy) is 1. The van der Waals surface area contributed by atoms with Crippen LogP contribution in [0.2, 0.25) is 0 Å². The van der Waals surface area contributed by atoms with E-state index in [9.17, 15) is 0 Å². The second-order valence-electron chi connectivity index (χ2n) is 9.11. The minimum Gasteiger partial charge on any atom is -0.372 e. The summed E-state index contributed by atoms with van der Waals surface area (Å²) < 4.78 is 27.8. The van der Waals surface area contributed by atoms with Gasteiger partial charge in [-0.25, -0.2) is 9.37 Å². The summed E-state index contributed by atoms with van der Waals surface area (Å²) in [6.45, 7) is 6.06. The van der Waals surface area contributed by atoms with E-state index in [1.54, 1.807) is 12.4 Å². The van der Waals surface area contributed by atoms with Gasteiger partial charge in [0, 0.05) is 24.7 Å². The average Bonchev–Trinajstić information content (AvgIpc) is 3.23. The van der Waals surface area contributed by atoms with Crippen LogP contribution in [0.1, 0.15) is 19.4 Å². The van der Waals surface area contributed by atoms with Gasteiger partial charge in [-0.15, -0.1) is 11.8 Å². The van der Waals surface area contributed by atoms with E-state index >= 15 is 4.39 Å². The molecule has 5 heterocycles. The number of anilines is 1. The van der Waals surface area contributed by atoms with Gasteiger partial charge in [-0.2, -0.15) is 0 Å². The molecule has 1 aromatic carbocycles. The SMILES string of the molecule is CSc1cnc(-c2noc3c(F)c4c(cc23)CC2(C=NCNC2)[C@H]2[C@H](C)O[C@H](C)CN42)cn1. The van der Waals surface area contributed by atoms with E-state index < -0.39 is 0 Å². The maximum Gasteiger partial charge on any atom is 0.205 e. The second-order valence-corrected chi connectivity index (χ2v) is 9.93. The number of hydrogen-bond donors (Lipinski definition) is 1. The number of halogens is 1. The van der Waals surface area contributed by atoms with Crippen molar-refractivity contribution in [3.8, 4) is 11.4 Å². The predicted octanol–water partition coefficient (Wildman–Crippen LogP) is 3.30. The van der Waals surface area contributed by atoms with E-state index in [1.165, 1.54) is 11.8 Å². The highest BCUT2D eigenvalue weighted by Crippen LogP contribution is 2.48. The van der Waals surface area contributed by atoms with Gasteiger partial charge in [0.05, 0.1) is 48.4 Å². The Labute approximate surface area is 195 Å². The van der Waals surface area contributed by atoms with Crippen LogP contribution in [0.15, 0.2) is 33.0 Å². The Hall–Kier alpha value is -2.56.